The molecule has 0 saturated carbocycles. The summed E-state index contributed by atoms with van der Waals surface area (Å²) in [7, 11) is -3.22. The van der Waals surface area contributed by atoms with Crippen LogP contribution in [0.5, 0.6) is 0 Å². The smallest absolute Gasteiger partial charge is 0.232 e. The Labute approximate surface area is 112 Å². The molecule has 3 nitrogen and oxygen atoms in total. The van der Waals surface area contributed by atoms with Crippen LogP contribution in [0.1, 0.15) is 30.9 Å². The maximum Gasteiger partial charge on any atom is 0.232 e. The van der Waals surface area contributed by atoms with Crippen molar-refractivity contribution in [2.75, 3.05) is 10.5 Å². The highest BCUT2D eigenvalue weighted by molar-refractivity contribution is 9.10. The molecule has 0 fully saturated rings. The molecule has 0 unspecified atom stereocenters. The molecule has 0 aliphatic carbocycles. The Morgan fingerprint density at radius 3 is 2.24 bits per heavy atom. The predicted molar refractivity (Wildman–Crippen MR) is 75.9 cm³/mol. The molecule has 0 amide bonds. The van der Waals surface area contributed by atoms with Crippen molar-refractivity contribution in [1.82, 2.24) is 0 Å². The largest absolute Gasteiger partial charge is 0.283 e. The van der Waals surface area contributed by atoms with Gasteiger partial charge in [-0.2, -0.15) is 0 Å². The summed E-state index contributed by atoms with van der Waals surface area (Å²) >= 11 is 3.39. The van der Waals surface area contributed by atoms with Crippen molar-refractivity contribution in [2.24, 2.45) is 0 Å². The first kappa shape index (κ1) is 14.5. The first-order chi connectivity index (χ1) is 7.85. The molecule has 1 aromatic rings. The first-order valence-corrected chi connectivity index (χ1v) is 8.07. The third-order valence-corrected chi connectivity index (χ3v) is 4.32. The quantitative estimate of drug-likeness (QED) is 0.901. The van der Waals surface area contributed by atoms with Crippen molar-refractivity contribution in [3.63, 3.8) is 0 Å². The Bertz CT molecular complexity index is 474. The predicted octanol–water partition coefficient (Wildman–Crippen LogP) is 3.61. The van der Waals surface area contributed by atoms with E-state index in [9.17, 15) is 8.42 Å². The second kappa shape index (κ2) is 5.87. The van der Waals surface area contributed by atoms with Crippen LogP contribution in [0.25, 0.3) is 0 Å². The van der Waals surface area contributed by atoms with Crippen LogP contribution in [0.3, 0.4) is 0 Å². The highest BCUT2D eigenvalue weighted by Crippen LogP contribution is 2.26. The molecule has 0 heterocycles. The third-order valence-electron chi connectivity index (χ3n) is 2.52. The minimum Gasteiger partial charge on any atom is -0.283 e. The Kier molecular flexibility index (Phi) is 5.01. The minimum absolute atomic E-state index is 0.179. The van der Waals surface area contributed by atoms with Gasteiger partial charge in [-0.1, -0.05) is 29.3 Å². The van der Waals surface area contributed by atoms with Gasteiger partial charge < -0.3 is 0 Å². The van der Waals surface area contributed by atoms with Crippen LogP contribution in [0, 0.1) is 13.8 Å². The number of unbranched alkanes of at least 4 members (excludes halogenated alkanes) is 1. The molecule has 17 heavy (non-hydrogen) atoms. The number of sulfonamides is 1. The lowest BCUT2D eigenvalue weighted by Gasteiger charge is -2.13. The number of nitrogens with one attached hydrogen (secondary N) is 1. The van der Waals surface area contributed by atoms with Gasteiger partial charge in [0.15, 0.2) is 0 Å². The highest BCUT2D eigenvalue weighted by atomic mass is 79.9. The second-order valence-corrected chi connectivity index (χ2v) is 6.95. The highest BCUT2D eigenvalue weighted by Gasteiger charge is 2.13. The Balaban J connectivity index is 2.96. The fourth-order valence-corrected chi connectivity index (χ4v) is 3.70. The Hall–Kier alpha value is -0.550. The topological polar surface area (TPSA) is 46.2 Å². The SMILES string of the molecule is CCCCS(=O)(=O)Nc1c(C)cc(Br)cc1C. The van der Waals surface area contributed by atoms with Gasteiger partial charge in [0, 0.05) is 4.47 Å². The summed E-state index contributed by atoms with van der Waals surface area (Å²) in [5.41, 5.74) is 2.55. The van der Waals surface area contributed by atoms with Crippen LogP contribution < -0.4 is 4.72 Å². The average Bonchev–Trinajstić information content (AvgIpc) is 2.21. The second-order valence-electron chi connectivity index (χ2n) is 4.19. The minimum atomic E-state index is -3.22. The van der Waals surface area contributed by atoms with Gasteiger partial charge in [0.25, 0.3) is 0 Å². The summed E-state index contributed by atoms with van der Waals surface area (Å²) < 4.78 is 27.3. The standard InChI is InChI=1S/C12H18BrNO2S/c1-4-5-6-17(15,16)14-12-9(2)7-11(13)8-10(12)3/h7-8,14H,4-6H2,1-3H3. The number of halogens is 1. The lowest BCUT2D eigenvalue weighted by atomic mass is 10.1. The molecule has 0 atom stereocenters. The normalized spacial score (nSPS) is 11.5. The van der Waals surface area contributed by atoms with Gasteiger partial charge in [0.05, 0.1) is 11.4 Å². The Morgan fingerprint density at radius 1 is 1.24 bits per heavy atom. The van der Waals surface area contributed by atoms with Crippen LogP contribution >= 0.6 is 15.9 Å². The molecule has 1 rings (SSSR count). The van der Waals surface area contributed by atoms with Gasteiger partial charge in [-0.15, -0.1) is 0 Å². The van der Waals surface area contributed by atoms with E-state index >= 15 is 0 Å². The van der Waals surface area contributed by atoms with Crippen LogP contribution in [-0.4, -0.2) is 14.2 Å². The molecule has 0 saturated heterocycles. The molecular formula is C12H18BrNO2S. The lowest BCUT2D eigenvalue weighted by molar-refractivity contribution is 0.598. The maximum atomic E-state index is 11.8. The number of rotatable bonds is 5. The van der Waals surface area contributed by atoms with Crippen LogP contribution in [-0.2, 0) is 10.0 Å². The van der Waals surface area contributed by atoms with Crippen molar-refractivity contribution in [3.8, 4) is 0 Å². The van der Waals surface area contributed by atoms with E-state index < -0.39 is 10.0 Å². The van der Waals surface area contributed by atoms with Crippen LogP contribution in [0.4, 0.5) is 5.69 Å². The van der Waals surface area contributed by atoms with Crippen molar-refractivity contribution in [2.45, 2.75) is 33.6 Å². The zero-order chi connectivity index (χ0) is 13.1. The number of hydrogen-bond donors (Lipinski definition) is 1. The summed E-state index contributed by atoms with van der Waals surface area (Å²) in [6.45, 7) is 5.77. The molecule has 0 bridgehead atoms. The summed E-state index contributed by atoms with van der Waals surface area (Å²) in [5.74, 6) is 0.179. The molecule has 5 heteroatoms. The summed E-state index contributed by atoms with van der Waals surface area (Å²) in [6, 6.07) is 3.81. The van der Waals surface area contributed by atoms with Crippen molar-refractivity contribution < 1.29 is 8.42 Å². The van der Waals surface area contributed by atoms with E-state index in [4.69, 9.17) is 0 Å². The summed E-state index contributed by atoms with van der Waals surface area (Å²) in [4.78, 5) is 0. The number of benzene rings is 1. The van der Waals surface area contributed by atoms with Gasteiger partial charge >= 0.3 is 0 Å². The number of aryl methyl sites for hydroxylation is 2. The van der Waals surface area contributed by atoms with Crippen molar-refractivity contribution in [1.29, 1.82) is 0 Å². The van der Waals surface area contributed by atoms with Gasteiger partial charge in [-0.25, -0.2) is 8.42 Å². The zero-order valence-electron chi connectivity index (χ0n) is 10.4. The molecule has 0 radical (unpaired) electrons. The molecule has 0 aromatic heterocycles. The van der Waals surface area contributed by atoms with E-state index in [0.717, 1.165) is 22.0 Å². The molecule has 96 valence electrons. The molecule has 1 aromatic carbocycles. The summed E-state index contributed by atoms with van der Waals surface area (Å²) in [5, 5.41) is 0. The van der Waals surface area contributed by atoms with Crippen LogP contribution in [0.15, 0.2) is 16.6 Å². The van der Waals surface area contributed by atoms with Crippen molar-refractivity contribution in [3.05, 3.63) is 27.7 Å². The fraction of sp³-hybridized carbons (Fsp3) is 0.500. The maximum absolute atomic E-state index is 11.8. The number of anilines is 1. The van der Waals surface area contributed by atoms with Crippen molar-refractivity contribution >= 4 is 31.6 Å². The molecule has 0 aliphatic rings. The van der Waals surface area contributed by atoms with E-state index in [-0.39, 0.29) is 5.75 Å². The molecule has 0 spiro atoms. The van der Waals surface area contributed by atoms with E-state index in [1.54, 1.807) is 0 Å². The summed E-state index contributed by atoms with van der Waals surface area (Å²) in [6.07, 6.45) is 1.56. The lowest BCUT2D eigenvalue weighted by Crippen LogP contribution is -2.18. The first-order valence-electron chi connectivity index (χ1n) is 5.63. The van der Waals surface area contributed by atoms with Gasteiger partial charge in [0.2, 0.25) is 10.0 Å². The van der Waals surface area contributed by atoms with Gasteiger partial charge in [-0.05, 0) is 43.5 Å². The third kappa shape index (κ3) is 4.32. The van der Waals surface area contributed by atoms with E-state index in [1.807, 2.05) is 32.9 Å². The fourth-order valence-electron chi connectivity index (χ4n) is 1.61. The van der Waals surface area contributed by atoms with E-state index in [2.05, 4.69) is 20.7 Å². The monoisotopic (exact) mass is 319 g/mol. The van der Waals surface area contributed by atoms with Gasteiger partial charge in [-0.3, -0.25) is 4.72 Å². The molecule has 1 N–H and O–H groups in total. The average molecular weight is 320 g/mol. The molecular weight excluding hydrogens is 302 g/mol. The van der Waals surface area contributed by atoms with Gasteiger partial charge in [0.1, 0.15) is 0 Å². The Morgan fingerprint density at radius 2 is 1.76 bits per heavy atom. The molecule has 0 aliphatic heterocycles. The van der Waals surface area contributed by atoms with Crippen LogP contribution in [0.2, 0.25) is 0 Å². The zero-order valence-corrected chi connectivity index (χ0v) is 12.8. The number of hydrogen-bond acceptors (Lipinski definition) is 2. The van der Waals surface area contributed by atoms with E-state index in [0.29, 0.717) is 12.1 Å². The van der Waals surface area contributed by atoms with E-state index in [1.165, 1.54) is 0 Å².